The minimum Gasteiger partial charge on any atom is -0.351 e. The van der Waals surface area contributed by atoms with Crippen molar-refractivity contribution in [2.24, 2.45) is 5.73 Å². The van der Waals surface area contributed by atoms with Gasteiger partial charge in [0.1, 0.15) is 0 Å². The van der Waals surface area contributed by atoms with Gasteiger partial charge in [-0.25, -0.2) is 4.79 Å². The number of benzene rings is 1. The number of primary amides is 1. The number of halogens is 1. The fourth-order valence-corrected chi connectivity index (χ4v) is 4.52. The number of nitrogens with two attached hydrogens (primary N) is 1. The van der Waals surface area contributed by atoms with Gasteiger partial charge in [-0.05, 0) is 24.5 Å². The quantitative estimate of drug-likeness (QED) is 0.572. The van der Waals surface area contributed by atoms with Gasteiger partial charge in [0.25, 0.3) is 0 Å². The van der Waals surface area contributed by atoms with Crippen LogP contribution in [0.25, 0.3) is 0 Å². The smallest absolute Gasteiger partial charge is 0.319 e. The van der Waals surface area contributed by atoms with Crippen LogP contribution in [-0.2, 0) is 0 Å². The van der Waals surface area contributed by atoms with E-state index in [4.69, 9.17) is 5.73 Å². The maximum Gasteiger partial charge on any atom is 0.319 e. The molecule has 2 aliphatic rings. The number of hydrogen-bond donors (Lipinski definition) is 1. The van der Waals surface area contributed by atoms with Crippen LogP contribution in [0.3, 0.4) is 0 Å². The minimum atomic E-state index is -0.312. The van der Waals surface area contributed by atoms with Gasteiger partial charge >= 0.3 is 6.03 Å². The normalized spacial score (nSPS) is 30.9. The van der Waals surface area contributed by atoms with Crippen molar-refractivity contribution in [2.75, 3.05) is 4.90 Å². The lowest BCUT2D eigenvalue weighted by Gasteiger charge is -2.35. The van der Waals surface area contributed by atoms with E-state index in [1.165, 1.54) is 24.8 Å². The summed E-state index contributed by atoms with van der Waals surface area (Å²) >= 11 is 2.47. The molecule has 1 aromatic carbocycles. The number of nitrogens with zero attached hydrogens (tertiary/aromatic N) is 1. The average molecular weight is 342 g/mol. The molecule has 3 nitrogen and oxygen atoms in total. The Bertz CT molecular complexity index is 462. The Hall–Kier alpha value is -0.780. The molecule has 0 spiro atoms. The summed E-state index contributed by atoms with van der Waals surface area (Å²) in [6, 6.07) is 8.14. The Morgan fingerprint density at radius 3 is 2.88 bits per heavy atom. The second kappa shape index (κ2) is 4.15. The summed E-state index contributed by atoms with van der Waals surface area (Å²) in [5.41, 5.74) is 7.90. The summed E-state index contributed by atoms with van der Waals surface area (Å²) in [5, 5.41) is 0. The molecule has 0 saturated heterocycles. The second-order valence-electron chi connectivity index (χ2n) is 4.81. The number of rotatable bonds is 0. The molecule has 0 radical (unpaired) electrons. The van der Waals surface area contributed by atoms with Crippen molar-refractivity contribution in [3.63, 3.8) is 0 Å². The summed E-state index contributed by atoms with van der Waals surface area (Å²) < 4.78 is 0.506. The summed E-state index contributed by atoms with van der Waals surface area (Å²) in [5.74, 6) is 0.481. The van der Waals surface area contributed by atoms with Crippen LogP contribution >= 0.6 is 22.6 Å². The van der Waals surface area contributed by atoms with E-state index in [1.807, 2.05) is 17.0 Å². The highest BCUT2D eigenvalue weighted by atomic mass is 127. The van der Waals surface area contributed by atoms with Gasteiger partial charge in [-0.2, -0.15) is 0 Å². The van der Waals surface area contributed by atoms with Crippen LogP contribution in [0.15, 0.2) is 24.3 Å². The second-order valence-corrected chi connectivity index (χ2v) is 6.41. The van der Waals surface area contributed by atoms with Crippen molar-refractivity contribution < 1.29 is 4.79 Å². The van der Waals surface area contributed by atoms with E-state index in [0.717, 1.165) is 5.69 Å². The highest BCUT2D eigenvalue weighted by molar-refractivity contribution is 14.1. The van der Waals surface area contributed by atoms with E-state index in [1.54, 1.807) is 0 Å². The number of hydrogen-bond acceptors (Lipinski definition) is 1. The number of fused-ring (bicyclic) bond motifs is 3. The lowest BCUT2D eigenvalue weighted by atomic mass is 9.82. The predicted molar refractivity (Wildman–Crippen MR) is 76.7 cm³/mol. The number of anilines is 1. The summed E-state index contributed by atoms with van der Waals surface area (Å²) in [4.78, 5) is 13.5. The monoisotopic (exact) mass is 342 g/mol. The Morgan fingerprint density at radius 1 is 1.35 bits per heavy atom. The highest BCUT2D eigenvalue weighted by Gasteiger charge is 2.45. The van der Waals surface area contributed by atoms with E-state index in [0.29, 0.717) is 9.84 Å². The van der Waals surface area contributed by atoms with Crippen molar-refractivity contribution in [3.05, 3.63) is 29.8 Å². The fourth-order valence-electron chi connectivity index (χ4n) is 3.25. The van der Waals surface area contributed by atoms with Gasteiger partial charge in [-0.1, -0.05) is 47.2 Å². The molecule has 17 heavy (non-hydrogen) atoms. The third-order valence-electron chi connectivity index (χ3n) is 3.91. The van der Waals surface area contributed by atoms with Crippen LogP contribution in [0.5, 0.6) is 0 Å². The molecule has 3 atom stereocenters. The highest BCUT2D eigenvalue weighted by Crippen LogP contribution is 2.49. The zero-order valence-electron chi connectivity index (χ0n) is 9.47. The molecule has 4 heteroatoms. The SMILES string of the molecule is NC(=O)N1c2ccccc2[C@@H]2CCC[C@@H](I)[C@@H]21. The molecule has 1 heterocycles. The minimum absolute atomic E-state index is 0.263. The molecule has 3 rings (SSSR count). The molecule has 0 aromatic heterocycles. The van der Waals surface area contributed by atoms with E-state index in [9.17, 15) is 4.79 Å². The first-order chi connectivity index (χ1) is 8.20. The maximum absolute atomic E-state index is 11.7. The van der Waals surface area contributed by atoms with Crippen molar-refractivity contribution in [1.29, 1.82) is 0 Å². The van der Waals surface area contributed by atoms with E-state index < -0.39 is 0 Å². The first-order valence-corrected chi connectivity index (χ1v) is 7.26. The number of amides is 2. The Kier molecular flexibility index (Phi) is 2.77. The molecule has 2 amide bonds. The topological polar surface area (TPSA) is 46.3 Å². The van der Waals surface area contributed by atoms with Crippen LogP contribution in [0, 0.1) is 0 Å². The van der Waals surface area contributed by atoms with Crippen LogP contribution in [0.2, 0.25) is 0 Å². The zero-order chi connectivity index (χ0) is 12.0. The Labute approximate surface area is 114 Å². The number of carbonyl (C=O) groups is 1. The lowest BCUT2D eigenvalue weighted by molar-refractivity contribution is 0.250. The summed E-state index contributed by atoms with van der Waals surface area (Å²) in [6.07, 6.45) is 3.60. The van der Waals surface area contributed by atoms with Crippen molar-refractivity contribution in [2.45, 2.75) is 35.1 Å². The van der Waals surface area contributed by atoms with Crippen LogP contribution in [0.4, 0.5) is 10.5 Å². The molecule has 90 valence electrons. The molecule has 1 aliphatic carbocycles. The standard InChI is InChI=1S/C13H15IN2O/c14-10-6-3-5-9-8-4-1-2-7-11(8)16(12(9)10)13(15)17/h1-2,4,7,9-10,12H,3,5-6H2,(H2,15,17)/t9-,10+,12+/m0/s1. The lowest BCUT2D eigenvalue weighted by Crippen LogP contribution is -2.48. The molecule has 1 fully saturated rings. The van der Waals surface area contributed by atoms with Crippen molar-refractivity contribution in [3.8, 4) is 0 Å². The van der Waals surface area contributed by atoms with Gasteiger partial charge in [0.2, 0.25) is 0 Å². The number of alkyl halides is 1. The summed E-state index contributed by atoms with van der Waals surface area (Å²) in [6.45, 7) is 0. The van der Waals surface area contributed by atoms with Crippen molar-refractivity contribution in [1.82, 2.24) is 0 Å². The first-order valence-electron chi connectivity index (χ1n) is 6.02. The fraction of sp³-hybridized carbons (Fsp3) is 0.462. The molecule has 1 aliphatic heterocycles. The molecule has 2 N–H and O–H groups in total. The molecule has 1 aromatic rings. The summed E-state index contributed by atoms with van der Waals surface area (Å²) in [7, 11) is 0. The Balaban J connectivity index is 2.11. The number of urea groups is 1. The van der Waals surface area contributed by atoms with Gasteiger partial charge in [0, 0.05) is 15.5 Å². The Morgan fingerprint density at radius 2 is 2.12 bits per heavy atom. The third-order valence-corrected chi connectivity index (χ3v) is 5.27. The van der Waals surface area contributed by atoms with Gasteiger partial charge in [-0.15, -0.1) is 0 Å². The molecule has 0 unspecified atom stereocenters. The van der Waals surface area contributed by atoms with E-state index >= 15 is 0 Å². The number of carbonyl (C=O) groups excluding carboxylic acids is 1. The van der Waals surface area contributed by atoms with Gasteiger partial charge in [-0.3, -0.25) is 4.90 Å². The zero-order valence-corrected chi connectivity index (χ0v) is 11.6. The molecule has 0 bridgehead atoms. The molecule has 1 saturated carbocycles. The third kappa shape index (κ3) is 1.64. The average Bonchev–Trinajstić information content (AvgIpc) is 2.65. The van der Waals surface area contributed by atoms with Crippen LogP contribution in [-0.4, -0.2) is 16.0 Å². The molecular formula is C13H15IN2O. The van der Waals surface area contributed by atoms with E-state index in [2.05, 4.69) is 34.7 Å². The van der Waals surface area contributed by atoms with E-state index in [-0.39, 0.29) is 12.1 Å². The van der Waals surface area contributed by atoms with Crippen LogP contribution < -0.4 is 10.6 Å². The maximum atomic E-state index is 11.7. The van der Waals surface area contributed by atoms with Crippen LogP contribution in [0.1, 0.15) is 30.7 Å². The van der Waals surface area contributed by atoms with Gasteiger partial charge in [0.05, 0.1) is 6.04 Å². The largest absolute Gasteiger partial charge is 0.351 e. The van der Waals surface area contributed by atoms with Gasteiger partial charge < -0.3 is 5.73 Å². The van der Waals surface area contributed by atoms with Crippen molar-refractivity contribution >= 4 is 34.3 Å². The predicted octanol–water partition coefficient (Wildman–Crippen LogP) is 3.03. The van der Waals surface area contributed by atoms with Gasteiger partial charge in [0.15, 0.2) is 0 Å². The number of para-hydroxylation sites is 1. The molecular weight excluding hydrogens is 327 g/mol. The first kappa shape index (κ1) is 11.3.